The molecule has 0 amide bonds. The molecule has 2 N–H and O–H groups in total. The minimum atomic E-state index is -0.444. The third kappa shape index (κ3) is 1.75. The lowest BCUT2D eigenvalue weighted by atomic mass is 9.89. The zero-order chi connectivity index (χ0) is 12.7. The lowest BCUT2D eigenvalue weighted by Crippen LogP contribution is -2.22. The van der Waals surface area contributed by atoms with Crippen LogP contribution < -0.4 is 4.74 Å². The molecule has 0 unspecified atom stereocenters. The van der Waals surface area contributed by atoms with Crippen molar-refractivity contribution in [2.45, 2.75) is 36.4 Å². The van der Waals surface area contributed by atoms with Crippen LogP contribution in [0.25, 0.3) is 0 Å². The van der Waals surface area contributed by atoms with Gasteiger partial charge in [-0.15, -0.1) is 11.8 Å². The summed E-state index contributed by atoms with van der Waals surface area (Å²) in [7, 11) is 0. The van der Waals surface area contributed by atoms with Crippen molar-refractivity contribution in [2.24, 2.45) is 5.92 Å². The molecule has 1 heterocycles. The minimum absolute atomic E-state index is 0.0241. The fourth-order valence-corrected chi connectivity index (χ4v) is 3.99. The van der Waals surface area contributed by atoms with Crippen molar-refractivity contribution in [1.82, 2.24) is 0 Å². The fourth-order valence-electron chi connectivity index (χ4n) is 3.20. The van der Waals surface area contributed by atoms with Gasteiger partial charge in [-0.25, -0.2) is 0 Å². The highest BCUT2D eigenvalue weighted by Gasteiger charge is 2.49. The van der Waals surface area contributed by atoms with E-state index in [0.717, 1.165) is 17.1 Å². The Morgan fingerprint density at radius 1 is 1.44 bits per heavy atom. The van der Waals surface area contributed by atoms with E-state index in [1.807, 2.05) is 6.07 Å². The number of hydrogen-bond donors (Lipinski definition) is 2. The average molecular weight is 266 g/mol. The quantitative estimate of drug-likeness (QED) is 0.822. The van der Waals surface area contributed by atoms with Gasteiger partial charge in [0.25, 0.3) is 0 Å². The second-order valence-electron chi connectivity index (χ2n) is 4.94. The van der Waals surface area contributed by atoms with Gasteiger partial charge in [0.15, 0.2) is 0 Å². The maximum Gasteiger partial charge on any atom is 0.136 e. The van der Waals surface area contributed by atoms with E-state index in [1.165, 1.54) is 4.90 Å². The van der Waals surface area contributed by atoms with Gasteiger partial charge in [0, 0.05) is 35.3 Å². The zero-order valence-corrected chi connectivity index (χ0v) is 11.2. The highest BCUT2D eigenvalue weighted by atomic mass is 32.2. The molecule has 1 aliphatic heterocycles. The molecule has 18 heavy (non-hydrogen) atoms. The third-order valence-electron chi connectivity index (χ3n) is 3.98. The first-order chi connectivity index (χ1) is 8.76. The Morgan fingerprint density at radius 3 is 3.00 bits per heavy atom. The molecule has 4 heteroatoms. The van der Waals surface area contributed by atoms with Crippen LogP contribution in [0.15, 0.2) is 23.1 Å². The van der Waals surface area contributed by atoms with Gasteiger partial charge in [0.1, 0.15) is 11.9 Å². The Bertz CT molecular complexity index is 449. The molecule has 98 valence electrons. The van der Waals surface area contributed by atoms with E-state index < -0.39 is 6.10 Å². The third-order valence-corrected chi connectivity index (χ3v) is 4.90. The van der Waals surface area contributed by atoms with Crippen molar-refractivity contribution in [1.29, 1.82) is 0 Å². The van der Waals surface area contributed by atoms with Gasteiger partial charge in [0.2, 0.25) is 0 Å². The van der Waals surface area contributed by atoms with Gasteiger partial charge in [-0.2, -0.15) is 0 Å². The van der Waals surface area contributed by atoms with Crippen LogP contribution >= 0.6 is 11.8 Å². The Balaban J connectivity index is 1.99. The molecule has 1 aromatic rings. The van der Waals surface area contributed by atoms with Crippen molar-refractivity contribution in [2.75, 3.05) is 12.4 Å². The summed E-state index contributed by atoms with van der Waals surface area (Å²) in [5.74, 6) is 2.06. The van der Waals surface area contributed by atoms with E-state index in [0.29, 0.717) is 6.42 Å². The molecule has 1 fully saturated rings. The molecule has 1 saturated carbocycles. The molecule has 2 aliphatic rings. The standard InChI is InChI=1S/C14H18O3S/c1-2-18-12-5-3-4-8-13-9(7-15)10(16)6-11(13)17-14(8)12/h3-5,9-11,13,15-16H,2,6-7H2,1H3/t9-,10+,11-,13+/m0/s1. The maximum atomic E-state index is 9.95. The normalized spacial score (nSPS) is 33.1. The first-order valence-electron chi connectivity index (χ1n) is 6.47. The van der Waals surface area contributed by atoms with E-state index in [4.69, 9.17) is 4.74 Å². The molecular formula is C14H18O3S. The summed E-state index contributed by atoms with van der Waals surface area (Å²) in [5, 5.41) is 19.4. The first-order valence-corrected chi connectivity index (χ1v) is 7.46. The van der Waals surface area contributed by atoms with E-state index in [2.05, 4.69) is 19.1 Å². The summed E-state index contributed by atoms with van der Waals surface area (Å²) in [4.78, 5) is 1.18. The maximum absolute atomic E-state index is 9.95. The number of para-hydroxylation sites is 1. The largest absolute Gasteiger partial charge is 0.488 e. The molecule has 0 bridgehead atoms. The molecule has 1 aromatic carbocycles. The first kappa shape index (κ1) is 12.3. The minimum Gasteiger partial charge on any atom is -0.488 e. The molecule has 0 aromatic heterocycles. The predicted molar refractivity (Wildman–Crippen MR) is 71.2 cm³/mol. The fraction of sp³-hybridized carbons (Fsp3) is 0.571. The average Bonchev–Trinajstić information content (AvgIpc) is 2.85. The second kappa shape index (κ2) is 4.76. The second-order valence-corrected chi connectivity index (χ2v) is 6.24. The number of hydrogen-bond acceptors (Lipinski definition) is 4. The Kier molecular flexibility index (Phi) is 3.26. The summed E-state index contributed by atoms with van der Waals surface area (Å²) in [5.41, 5.74) is 1.16. The van der Waals surface area contributed by atoms with E-state index in [1.54, 1.807) is 11.8 Å². The van der Waals surface area contributed by atoms with Crippen molar-refractivity contribution in [3.63, 3.8) is 0 Å². The number of thioether (sulfide) groups is 1. The molecule has 3 nitrogen and oxygen atoms in total. The molecule has 1 aliphatic carbocycles. The smallest absolute Gasteiger partial charge is 0.136 e. The van der Waals surface area contributed by atoms with Gasteiger partial charge in [0.05, 0.1) is 6.10 Å². The van der Waals surface area contributed by atoms with Crippen molar-refractivity contribution in [3.05, 3.63) is 23.8 Å². The number of aliphatic hydroxyl groups excluding tert-OH is 2. The molecule has 3 rings (SSSR count). The Hall–Kier alpha value is -0.710. The molecular weight excluding hydrogens is 248 g/mol. The Labute approximate surface area is 111 Å². The number of aliphatic hydroxyl groups is 2. The SMILES string of the molecule is CCSc1cccc2c1O[C@H]1C[C@@H](O)[C@H](CO)[C@@H]21. The van der Waals surface area contributed by atoms with Gasteiger partial charge in [-0.3, -0.25) is 0 Å². The molecule has 0 radical (unpaired) electrons. The monoisotopic (exact) mass is 266 g/mol. The number of fused-ring (bicyclic) bond motifs is 3. The van der Waals surface area contributed by atoms with Gasteiger partial charge < -0.3 is 14.9 Å². The van der Waals surface area contributed by atoms with Crippen LogP contribution in [0.1, 0.15) is 24.8 Å². The lowest BCUT2D eigenvalue weighted by molar-refractivity contribution is 0.0832. The van der Waals surface area contributed by atoms with E-state index in [9.17, 15) is 10.2 Å². The van der Waals surface area contributed by atoms with Crippen LogP contribution in [-0.4, -0.2) is 34.8 Å². The van der Waals surface area contributed by atoms with Gasteiger partial charge in [-0.05, 0) is 11.8 Å². The topological polar surface area (TPSA) is 49.7 Å². The van der Waals surface area contributed by atoms with Crippen LogP contribution in [0.4, 0.5) is 0 Å². The summed E-state index contributed by atoms with van der Waals surface area (Å²) >= 11 is 1.78. The summed E-state index contributed by atoms with van der Waals surface area (Å²) in [6.07, 6.45) is 0.215. The number of benzene rings is 1. The highest BCUT2D eigenvalue weighted by Crippen LogP contribution is 2.52. The molecule has 4 atom stereocenters. The molecule has 0 spiro atoms. The van der Waals surface area contributed by atoms with Crippen LogP contribution in [0, 0.1) is 5.92 Å². The zero-order valence-electron chi connectivity index (χ0n) is 10.4. The highest BCUT2D eigenvalue weighted by molar-refractivity contribution is 7.99. The molecule has 0 saturated heterocycles. The Morgan fingerprint density at radius 2 is 2.28 bits per heavy atom. The van der Waals surface area contributed by atoms with E-state index in [-0.39, 0.29) is 24.5 Å². The lowest BCUT2D eigenvalue weighted by Gasteiger charge is -2.17. The van der Waals surface area contributed by atoms with Gasteiger partial charge >= 0.3 is 0 Å². The number of rotatable bonds is 3. The van der Waals surface area contributed by atoms with E-state index >= 15 is 0 Å². The van der Waals surface area contributed by atoms with Crippen molar-refractivity contribution < 1.29 is 14.9 Å². The summed E-state index contributed by atoms with van der Waals surface area (Å²) < 4.78 is 6.03. The van der Waals surface area contributed by atoms with Crippen LogP contribution in [0.2, 0.25) is 0 Å². The van der Waals surface area contributed by atoms with Crippen molar-refractivity contribution >= 4 is 11.8 Å². The van der Waals surface area contributed by atoms with Crippen LogP contribution in [0.5, 0.6) is 5.75 Å². The summed E-state index contributed by atoms with van der Waals surface area (Å²) in [6.45, 7) is 2.15. The summed E-state index contributed by atoms with van der Waals surface area (Å²) in [6, 6.07) is 6.19. The van der Waals surface area contributed by atoms with Crippen molar-refractivity contribution in [3.8, 4) is 5.75 Å². The predicted octanol–water partition coefficient (Wildman–Crippen LogP) is 2.02. The number of ether oxygens (including phenoxy) is 1. The van der Waals surface area contributed by atoms with Gasteiger partial charge in [-0.1, -0.05) is 19.1 Å². The van der Waals surface area contributed by atoms with Crippen LogP contribution in [0.3, 0.4) is 0 Å². The van der Waals surface area contributed by atoms with Crippen LogP contribution in [-0.2, 0) is 0 Å².